The van der Waals surface area contributed by atoms with E-state index in [1.807, 2.05) is 76.3 Å². The minimum Gasteiger partial charge on any atom is -0.395 e. The van der Waals surface area contributed by atoms with E-state index in [0.717, 1.165) is 16.5 Å². The molecule has 0 spiro atoms. The van der Waals surface area contributed by atoms with Crippen molar-refractivity contribution in [3.05, 3.63) is 72.4 Å². The number of rotatable bonds is 12. The average molecular weight is 399 g/mol. The van der Waals surface area contributed by atoms with Crippen LogP contribution in [0.15, 0.2) is 66.9 Å². The Labute approximate surface area is 171 Å². The Balaban J connectivity index is 1.46. The Morgan fingerprint density at radius 2 is 1.62 bits per heavy atom. The third kappa shape index (κ3) is 6.66. The van der Waals surface area contributed by atoms with Crippen LogP contribution in [0.1, 0.15) is 5.56 Å². The summed E-state index contributed by atoms with van der Waals surface area (Å²) < 4.78 is 7.62. The van der Waals surface area contributed by atoms with Crippen LogP contribution in [0, 0.1) is 0 Å². The maximum absolute atomic E-state index is 10.6. The molecule has 156 valence electrons. The zero-order chi connectivity index (χ0) is 20.5. The molecule has 2 atom stereocenters. The number of aliphatic hydroxyl groups excluding tert-OH is 3. The van der Waals surface area contributed by atoms with Gasteiger partial charge in [0.1, 0.15) is 0 Å². The van der Waals surface area contributed by atoms with E-state index in [-0.39, 0.29) is 13.2 Å². The van der Waals surface area contributed by atoms with Gasteiger partial charge in [0.2, 0.25) is 0 Å². The number of hydrogen-bond acceptors (Lipinski definition) is 5. The minimum absolute atomic E-state index is 0.0310. The van der Waals surface area contributed by atoms with Crippen molar-refractivity contribution in [2.24, 2.45) is 0 Å². The lowest BCUT2D eigenvalue weighted by Gasteiger charge is -2.27. The number of hydrogen-bond donors (Lipinski definition) is 3. The van der Waals surface area contributed by atoms with E-state index in [1.165, 1.54) is 0 Å². The van der Waals surface area contributed by atoms with E-state index in [4.69, 9.17) is 4.74 Å². The zero-order valence-corrected chi connectivity index (χ0v) is 16.6. The SMILES string of the molecule is OCCN(C[C@H](O)COCc1ccccc1)C[C@@H](O)Cn1ccc2ccccc21. The third-order valence-electron chi connectivity index (χ3n) is 4.86. The predicted octanol–water partition coefficient (Wildman–Crippen LogP) is 1.87. The Morgan fingerprint density at radius 3 is 2.41 bits per heavy atom. The fourth-order valence-electron chi connectivity index (χ4n) is 3.52. The van der Waals surface area contributed by atoms with Gasteiger partial charge < -0.3 is 24.6 Å². The number of nitrogens with zero attached hydrogens (tertiary/aromatic N) is 2. The fourth-order valence-corrected chi connectivity index (χ4v) is 3.52. The van der Waals surface area contributed by atoms with Crippen molar-refractivity contribution >= 4 is 10.9 Å². The summed E-state index contributed by atoms with van der Waals surface area (Å²) in [5.41, 5.74) is 2.14. The molecule has 0 fully saturated rings. The Hall–Kier alpha value is -2.22. The number of benzene rings is 2. The first-order valence-corrected chi connectivity index (χ1v) is 10.0. The fraction of sp³-hybridized carbons (Fsp3) is 0.391. The molecule has 0 amide bonds. The maximum Gasteiger partial charge on any atom is 0.0900 e. The highest BCUT2D eigenvalue weighted by Crippen LogP contribution is 2.15. The van der Waals surface area contributed by atoms with E-state index in [2.05, 4.69) is 0 Å². The predicted molar refractivity (Wildman–Crippen MR) is 114 cm³/mol. The standard InChI is InChI=1S/C23H30N2O4/c26-13-12-24(15-22(28)18-29-17-19-6-2-1-3-7-19)14-21(27)16-25-11-10-20-8-4-5-9-23(20)25/h1-11,21-22,26-28H,12-18H2/t21-,22+/m1/s1. The second kappa shape index (κ2) is 11.1. The van der Waals surface area contributed by atoms with Crippen molar-refractivity contribution in [1.82, 2.24) is 9.47 Å². The van der Waals surface area contributed by atoms with Gasteiger partial charge in [0, 0.05) is 37.9 Å². The molecule has 3 rings (SSSR count). The summed E-state index contributed by atoms with van der Waals surface area (Å²) in [5.74, 6) is 0. The highest BCUT2D eigenvalue weighted by molar-refractivity contribution is 5.79. The first-order valence-electron chi connectivity index (χ1n) is 10.0. The topological polar surface area (TPSA) is 78.1 Å². The largest absolute Gasteiger partial charge is 0.395 e. The number of ether oxygens (including phenoxy) is 1. The molecule has 1 heterocycles. The molecule has 0 aliphatic carbocycles. The molecular weight excluding hydrogens is 368 g/mol. The lowest BCUT2D eigenvalue weighted by Crippen LogP contribution is -2.42. The van der Waals surface area contributed by atoms with E-state index in [0.29, 0.717) is 32.8 Å². The maximum atomic E-state index is 10.6. The Morgan fingerprint density at radius 1 is 0.897 bits per heavy atom. The summed E-state index contributed by atoms with van der Waals surface area (Å²) >= 11 is 0. The van der Waals surface area contributed by atoms with Crippen molar-refractivity contribution in [3.63, 3.8) is 0 Å². The Bertz CT molecular complexity index is 852. The highest BCUT2D eigenvalue weighted by atomic mass is 16.5. The molecule has 1 aromatic heterocycles. The molecule has 3 N–H and O–H groups in total. The summed E-state index contributed by atoms with van der Waals surface area (Å²) in [4.78, 5) is 1.87. The van der Waals surface area contributed by atoms with Crippen molar-refractivity contribution in [2.75, 3.05) is 32.8 Å². The molecule has 0 saturated carbocycles. The van der Waals surface area contributed by atoms with Gasteiger partial charge in [-0.15, -0.1) is 0 Å². The van der Waals surface area contributed by atoms with Crippen molar-refractivity contribution in [3.8, 4) is 0 Å². The first kappa shape index (κ1) is 21.5. The summed E-state index contributed by atoms with van der Waals surface area (Å²) in [6.45, 7) is 2.16. The van der Waals surface area contributed by atoms with E-state index in [1.54, 1.807) is 0 Å². The molecule has 0 aliphatic heterocycles. The summed E-state index contributed by atoms with van der Waals surface area (Å²) in [5, 5.41) is 31.3. The Kier molecular flexibility index (Phi) is 8.22. The van der Waals surface area contributed by atoms with Gasteiger partial charge in [0.25, 0.3) is 0 Å². The van der Waals surface area contributed by atoms with Crippen LogP contribution < -0.4 is 0 Å². The van der Waals surface area contributed by atoms with Crippen molar-refractivity contribution < 1.29 is 20.1 Å². The molecule has 0 saturated heterocycles. The van der Waals surface area contributed by atoms with Crippen LogP contribution in [0.3, 0.4) is 0 Å². The van der Waals surface area contributed by atoms with Crippen molar-refractivity contribution in [2.45, 2.75) is 25.4 Å². The minimum atomic E-state index is -0.690. The smallest absolute Gasteiger partial charge is 0.0900 e. The van der Waals surface area contributed by atoms with Gasteiger partial charge >= 0.3 is 0 Å². The lowest BCUT2D eigenvalue weighted by molar-refractivity contribution is -0.00208. The summed E-state index contributed by atoms with van der Waals surface area (Å²) in [6.07, 6.45) is 0.663. The zero-order valence-electron chi connectivity index (χ0n) is 16.6. The summed E-state index contributed by atoms with van der Waals surface area (Å²) in [7, 11) is 0. The second-order valence-electron chi connectivity index (χ2n) is 7.32. The molecule has 0 unspecified atom stereocenters. The summed E-state index contributed by atoms with van der Waals surface area (Å²) in [6, 6.07) is 19.9. The van der Waals surface area contributed by atoms with E-state index < -0.39 is 12.2 Å². The van der Waals surface area contributed by atoms with Gasteiger partial charge in [-0.3, -0.25) is 4.90 Å². The number of aromatic nitrogens is 1. The molecule has 0 bridgehead atoms. The molecule has 6 nitrogen and oxygen atoms in total. The molecular formula is C23H30N2O4. The van der Waals surface area contributed by atoms with Crippen molar-refractivity contribution in [1.29, 1.82) is 0 Å². The van der Waals surface area contributed by atoms with Crippen LogP contribution >= 0.6 is 0 Å². The van der Waals surface area contributed by atoms with Gasteiger partial charge in [-0.2, -0.15) is 0 Å². The number of fused-ring (bicyclic) bond motifs is 1. The average Bonchev–Trinajstić information content (AvgIpc) is 3.12. The van der Waals surface area contributed by atoms with E-state index in [9.17, 15) is 15.3 Å². The molecule has 0 radical (unpaired) electrons. The van der Waals surface area contributed by atoms with E-state index >= 15 is 0 Å². The third-order valence-corrected chi connectivity index (χ3v) is 4.86. The van der Waals surface area contributed by atoms with Crippen LogP contribution in [0.2, 0.25) is 0 Å². The highest BCUT2D eigenvalue weighted by Gasteiger charge is 2.16. The van der Waals surface area contributed by atoms with Gasteiger partial charge in [-0.1, -0.05) is 48.5 Å². The lowest BCUT2D eigenvalue weighted by atomic mass is 10.2. The number of para-hydroxylation sites is 1. The quantitative estimate of drug-likeness (QED) is 0.434. The molecule has 2 aromatic carbocycles. The van der Waals surface area contributed by atoms with Crippen LogP contribution in [0.4, 0.5) is 0 Å². The molecule has 3 aromatic rings. The normalized spacial score (nSPS) is 13.8. The van der Waals surface area contributed by atoms with Crippen LogP contribution in [0.5, 0.6) is 0 Å². The van der Waals surface area contributed by atoms with Gasteiger partial charge in [0.15, 0.2) is 0 Å². The van der Waals surface area contributed by atoms with Gasteiger partial charge in [-0.25, -0.2) is 0 Å². The molecule has 6 heteroatoms. The van der Waals surface area contributed by atoms with Crippen LogP contribution in [-0.2, 0) is 17.9 Å². The second-order valence-corrected chi connectivity index (χ2v) is 7.32. The first-order chi connectivity index (χ1) is 14.2. The monoisotopic (exact) mass is 398 g/mol. The van der Waals surface area contributed by atoms with Gasteiger partial charge in [0.05, 0.1) is 32.0 Å². The molecule has 0 aliphatic rings. The number of aliphatic hydroxyl groups is 3. The van der Waals surface area contributed by atoms with Crippen LogP contribution in [-0.4, -0.2) is 69.8 Å². The molecule has 29 heavy (non-hydrogen) atoms. The van der Waals surface area contributed by atoms with Gasteiger partial charge in [-0.05, 0) is 23.1 Å². The van der Waals surface area contributed by atoms with Crippen LogP contribution in [0.25, 0.3) is 10.9 Å².